The Hall–Kier alpha value is -1.43. The number of aryl methyl sites for hydroxylation is 1. The van der Waals surface area contributed by atoms with E-state index >= 15 is 0 Å². The van der Waals surface area contributed by atoms with Crippen LogP contribution in [0, 0.1) is 12.8 Å². The number of carbonyl (C=O) groups is 1. The molecule has 1 amide bonds. The molecular weight excluding hydrogens is 208 g/mol. The van der Waals surface area contributed by atoms with Crippen molar-refractivity contribution in [3.8, 4) is 0 Å². The highest BCUT2D eigenvalue weighted by atomic mass is 16.3. The van der Waals surface area contributed by atoms with Crippen molar-refractivity contribution in [1.82, 2.24) is 20.5 Å². The van der Waals surface area contributed by atoms with E-state index in [2.05, 4.69) is 20.5 Å². The van der Waals surface area contributed by atoms with Crippen molar-refractivity contribution >= 4 is 5.91 Å². The summed E-state index contributed by atoms with van der Waals surface area (Å²) in [6, 6.07) is 0. The number of aromatic amines is 1. The summed E-state index contributed by atoms with van der Waals surface area (Å²) in [7, 11) is 0. The van der Waals surface area contributed by atoms with Crippen molar-refractivity contribution in [2.45, 2.75) is 33.3 Å². The van der Waals surface area contributed by atoms with Gasteiger partial charge < -0.3 is 10.4 Å². The van der Waals surface area contributed by atoms with Gasteiger partial charge in [-0.2, -0.15) is 0 Å². The lowest BCUT2D eigenvalue weighted by molar-refractivity contribution is 0.0890. The van der Waals surface area contributed by atoms with Gasteiger partial charge in [0.05, 0.1) is 6.10 Å². The van der Waals surface area contributed by atoms with Gasteiger partial charge in [-0.05, 0) is 19.3 Å². The number of aromatic nitrogens is 3. The molecule has 0 aromatic carbocycles. The van der Waals surface area contributed by atoms with E-state index in [1.165, 1.54) is 0 Å². The zero-order valence-electron chi connectivity index (χ0n) is 9.82. The molecule has 6 heteroatoms. The molecule has 1 unspecified atom stereocenters. The minimum absolute atomic E-state index is 0.106. The molecule has 0 aliphatic heterocycles. The lowest BCUT2D eigenvalue weighted by atomic mass is 10.1. The van der Waals surface area contributed by atoms with Crippen LogP contribution in [0.3, 0.4) is 0 Å². The Morgan fingerprint density at radius 2 is 2.25 bits per heavy atom. The van der Waals surface area contributed by atoms with Gasteiger partial charge in [0, 0.05) is 6.54 Å². The minimum atomic E-state index is -0.524. The van der Waals surface area contributed by atoms with Gasteiger partial charge in [-0.15, -0.1) is 5.10 Å². The van der Waals surface area contributed by atoms with Crippen LogP contribution in [0.15, 0.2) is 0 Å². The second kappa shape index (κ2) is 5.60. The fraction of sp³-hybridized carbons (Fsp3) is 0.700. The molecule has 0 saturated carbocycles. The topological polar surface area (TPSA) is 90.9 Å². The summed E-state index contributed by atoms with van der Waals surface area (Å²) in [4.78, 5) is 15.4. The third-order valence-electron chi connectivity index (χ3n) is 2.04. The van der Waals surface area contributed by atoms with Crippen LogP contribution in [0.5, 0.6) is 0 Å². The molecule has 16 heavy (non-hydrogen) atoms. The zero-order valence-corrected chi connectivity index (χ0v) is 9.82. The Morgan fingerprint density at radius 1 is 1.56 bits per heavy atom. The van der Waals surface area contributed by atoms with Crippen LogP contribution in [0.2, 0.25) is 0 Å². The normalized spacial score (nSPS) is 12.8. The number of rotatable bonds is 5. The summed E-state index contributed by atoms with van der Waals surface area (Å²) >= 11 is 0. The summed E-state index contributed by atoms with van der Waals surface area (Å²) in [6.45, 7) is 5.98. The maximum absolute atomic E-state index is 11.5. The predicted molar refractivity (Wildman–Crippen MR) is 58.9 cm³/mol. The SMILES string of the molecule is Cc1nc(C(=O)NCC(O)CC(C)C)n[nH]1. The number of aliphatic hydroxyl groups excluding tert-OH is 1. The average Bonchev–Trinajstić information content (AvgIpc) is 2.60. The quantitative estimate of drug-likeness (QED) is 0.671. The number of nitrogens with one attached hydrogen (secondary N) is 2. The highest BCUT2D eigenvalue weighted by molar-refractivity contribution is 5.90. The van der Waals surface area contributed by atoms with Crippen molar-refractivity contribution in [2.75, 3.05) is 6.54 Å². The molecule has 0 bridgehead atoms. The zero-order chi connectivity index (χ0) is 12.1. The molecule has 0 radical (unpaired) electrons. The molecule has 1 aromatic heterocycles. The monoisotopic (exact) mass is 226 g/mol. The third kappa shape index (κ3) is 3.98. The molecule has 0 spiro atoms. The first-order valence-corrected chi connectivity index (χ1v) is 5.34. The van der Waals surface area contributed by atoms with Crippen LogP contribution in [0.1, 0.15) is 36.7 Å². The Labute approximate surface area is 94.5 Å². The van der Waals surface area contributed by atoms with Gasteiger partial charge in [0.2, 0.25) is 5.82 Å². The smallest absolute Gasteiger partial charge is 0.291 e. The molecule has 0 aliphatic rings. The van der Waals surface area contributed by atoms with E-state index in [-0.39, 0.29) is 18.3 Å². The predicted octanol–water partition coefficient (Wildman–Crippen LogP) is 0.250. The Bertz CT molecular complexity index is 348. The summed E-state index contributed by atoms with van der Waals surface area (Å²) < 4.78 is 0. The van der Waals surface area contributed by atoms with Crippen molar-refractivity contribution in [3.05, 3.63) is 11.6 Å². The second-order valence-electron chi connectivity index (χ2n) is 4.24. The van der Waals surface area contributed by atoms with Gasteiger partial charge in [0.15, 0.2) is 0 Å². The molecule has 6 nitrogen and oxygen atoms in total. The number of nitrogens with zero attached hydrogens (tertiary/aromatic N) is 2. The van der Waals surface area contributed by atoms with Gasteiger partial charge in [-0.25, -0.2) is 4.98 Å². The first-order chi connectivity index (χ1) is 7.49. The number of aliphatic hydroxyl groups is 1. The maximum Gasteiger partial charge on any atom is 0.291 e. The summed E-state index contributed by atoms with van der Waals surface area (Å²) in [5, 5.41) is 18.5. The average molecular weight is 226 g/mol. The highest BCUT2D eigenvalue weighted by Crippen LogP contribution is 2.03. The summed E-state index contributed by atoms with van der Waals surface area (Å²) in [6.07, 6.45) is 0.136. The number of hydrogen-bond donors (Lipinski definition) is 3. The first-order valence-electron chi connectivity index (χ1n) is 5.34. The van der Waals surface area contributed by atoms with Crippen LogP contribution >= 0.6 is 0 Å². The number of amides is 1. The Kier molecular flexibility index (Phi) is 4.42. The largest absolute Gasteiger partial charge is 0.391 e. The van der Waals surface area contributed by atoms with Gasteiger partial charge in [-0.3, -0.25) is 9.89 Å². The first kappa shape index (κ1) is 12.6. The van der Waals surface area contributed by atoms with Crippen molar-refractivity contribution in [2.24, 2.45) is 5.92 Å². The second-order valence-corrected chi connectivity index (χ2v) is 4.24. The van der Waals surface area contributed by atoms with Crippen LogP contribution < -0.4 is 5.32 Å². The van der Waals surface area contributed by atoms with E-state index in [1.54, 1.807) is 6.92 Å². The van der Waals surface area contributed by atoms with Gasteiger partial charge in [0.1, 0.15) is 5.82 Å². The van der Waals surface area contributed by atoms with E-state index in [0.29, 0.717) is 18.2 Å². The molecule has 3 N–H and O–H groups in total. The molecule has 90 valence electrons. The number of H-pyrrole nitrogens is 1. The highest BCUT2D eigenvalue weighted by Gasteiger charge is 2.13. The fourth-order valence-electron chi connectivity index (χ4n) is 1.36. The lowest BCUT2D eigenvalue weighted by Gasteiger charge is -2.12. The Balaban J connectivity index is 2.35. The fourth-order valence-corrected chi connectivity index (χ4v) is 1.36. The molecule has 0 fully saturated rings. The van der Waals surface area contributed by atoms with E-state index in [4.69, 9.17) is 0 Å². The number of carbonyl (C=O) groups excluding carboxylic acids is 1. The van der Waals surface area contributed by atoms with Crippen molar-refractivity contribution < 1.29 is 9.90 Å². The van der Waals surface area contributed by atoms with Crippen LogP contribution in [0.4, 0.5) is 0 Å². The Morgan fingerprint density at radius 3 is 2.75 bits per heavy atom. The van der Waals surface area contributed by atoms with E-state index in [1.807, 2.05) is 13.8 Å². The van der Waals surface area contributed by atoms with Gasteiger partial charge >= 0.3 is 0 Å². The molecule has 1 aromatic rings. The molecular formula is C10H18N4O2. The molecule has 1 heterocycles. The van der Waals surface area contributed by atoms with E-state index < -0.39 is 6.10 Å². The molecule has 0 saturated heterocycles. The van der Waals surface area contributed by atoms with Crippen LogP contribution in [-0.4, -0.2) is 38.8 Å². The maximum atomic E-state index is 11.5. The molecule has 1 atom stereocenters. The van der Waals surface area contributed by atoms with Gasteiger partial charge in [-0.1, -0.05) is 13.8 Å². The van der Waals surface area contributed by atoms with Crippen LogP contribution in [-0.2, 0) is 0 Å². The van der Waals surface area contributed by atoms with Crippen LogP contribution in [0.25, 0.3) is 0 Å². The van der Waals surface area contributed by atoms with E-state index in [9.17, 15) is 9.90 Å². The third-order valence-corrected chi connectivity index (χ3v) is 2.04. The van der Waals surface area contributed by atoms with Crippen molar-refractivity contribution in [1.29, 1.82) is 0 Å². The minimum Gasteiger partial charge on any atom is -0.391 e. The molecule has 1 rings (SSSR count). The summed E-state index contributed by atoms with van der Waals surface area (Å²) in [5.41, 5.74) is 0. The number of hydrogen-bond acceptors (Lipinski definition) is 4. The summed E-state index contributed by atoms with van der Waals surface area (Å²) in [5.74, 6) is 0.729. The van der Waals surface area contributed by atoms with Crippen molar-refractivity contribution in [3.63, 3.8) is 0 Å². The molecule has 0 aliphatic carbocycles. The van der Waals surface area contributed by atoms with E-state index in [0.717, 1.165) is 0 Å². The lowest BCUT2D eigenvalue weighted by Crippen LogP contribution is -2.33. The van der Waals surface area contributed by atoms with Gasteiger partial charge in [0.25, 0.3) is 5.91 Å². The standard InChI is InChI=1S/C10H18N4O2/c1-6(2)4-8(15)5-11-10(16)9-12-7(3)13-14-9/h6,8,15H,4-5H2,1-3H3,(H,11,16)(H,12,13,14).